The summed E-state index contributed by atoms with van der Waals surface area (Å²) in [4.78, 5) is 4.19. The first-order valence-corrected chi connectivity index (χ1v) is 7.72. The van der Waals surface area contributed by atoms with Gasteiger partial charge in [0, 0.05) is 43.7 Å². The van der Waals surface area contributed by atoms with Gasteiger partial charge in [-0.05, 0) is 30.5 Å². The van der Waals surface area contributed by atoms with Crippen molar-refractivity contribution in [3.05, 3.63) is 34.3 Å². The monoisotopic (exact) mass is 339 g/mol. The van der Waals surface area contributed by atoms with E-state index >= 15 is 0 Å². The van der Waals surface area contributed by atoms with Crippen LogP contribution in [0.3, 0.4) is 0 Å². The van der Waals surface area contributed by atoms with Crippen LogP contribution in [0.4, 0.5) is 0 Å². The van der Waals surface area contributed by atoms with E-state index in [9.17, 15) is 0 Å². The van der Waals surface area contributed by atoms with Crippen molar-refractivity contribution in [3.8, 4) is 0 Å². The van der Waals surface area contributed by atoms with E-state index in [1.165, 1.54) is 5.56 Å². The lowest BCUT2D eigenvalue weighted by Crippen LogP contribution is -2.47. The largest absolute Gasteiger partial charge is 0.381 e. The molecule has 4 nitrogen and oxygen atoms in total. The first kappa shape index (κ1) is 15.3. The molecule has 0 unspecified atom stereocenters. The second kappa shape index (κ2) is 7.09. The molecule has 0 atom stereocenters. The molecule has 1 aliphatic rings. The molecule has 0 amide bonds. The minimum absolute atomic E-state index is 0.117. The number of hydrogen-bond donors (Lipinski definition) is 2. The summed E-state index contributed by atoms with van der Waals surface area (Å²) in [6.07, 6.45) is 2.06. The van der Waals surface area contributed by atoms with Gasteiger partial charge in [-0.25, -0.2) is 0 Å². The van der Waals surface area contributed by atoms with Crippen molar-refractivity contribution in [1.29, 1.82) is 0 Å². The third kappa shape index (κ3) is 3.52. The smallest absolute Gasteiger partial charge is 0.190 e. The number of aliphatic imine (C=N–C) groups is 1. The lowest BCUT2D eigenvalue weighted by molar-refractivity contribution is 0.0514. The van der Waals surface area contributed by atoms with E-state index in [0.717, 1.165) is 43.0 Å². The molecule has 2 N–H and O–H groups in total. The molecule has 0 spiro atoms. The fourth-order valence-electron chi connectivity index (χ4n) is 2.67. The van der Waals surface area contributed by atoms with Gasteiger partial charge in [0.2, 0.25) is 0 Å². The molecule has 0 bridgehead atoms. The van der Waals surface area contributed by atoms with Gasteiger partial charge in [0.1, 0.15) is 0 Å². The Balaban J connectivity index is 2.19. The number of halogens is 1. The van der Waals surface area contributed by atoms with Gasteiger partial charge in [0.15, 0.2) is 5.96 Å². The molecule has 1 aliphatic heterocycles. The van der Waals surface area contributed by atoms with Crippen molar-refractivity contribution in [2.75, 3.05) is 33.9 Å². The van der Waals surface area contributed by atoms with E-state index in [2.05, 4.69) is 55.8 Å². The standard InChI is InChI=1S/C15H22BrN3O/c1-17-14(18-2)19-11-15(7-9-20-10-8-15)12-3-5-13(16)6-4-12/h3-6H,7-11H2,1-2H3,(H2,17,18,19). The highest BCUT2D eigenvalue weighted by molar-refractivity contribution is 9.10. The second-order valence-corrected chi connectivity index (χ2v) is 5.99. The number of ether oxygens (including phenoxy) is 1. The summed E-state index contributed by atoms with van der Waals surface area (Å²) in [5.74, 6) is 0.827. The van der Waals surface area contributed by atoms with E-state index in [1.54, 1.807) is 7.05 Å². The summed E-state index contributed by atoms with van der Waals surface area (Å²) in [5, 5.41) is 6.48. The quantitative estimate of drug-likeness (QED) is 0.656. The van der Waals surface area contributed by atoms with E-state index in [-0.39, 0.29) is 5.41 Å². The summed E-state index contributed by atoms with van der Waals surface area (Å²) in [5.41, 5.74) is 1.48. The normalized spacial score (nSPS) is 18.6. The Morgan fingerprint density at radius 2 is 1.95 bits per heavy atom. The van der Waals surface area contributed by atoms with Gasteiger partial charge in [-0.1, -0.05) is 28.1 Å². The Morgan fingerprint density at radius 3 is 2.50 bits per heavy atom. The van der Waals surface area contributed by atoms with Crippen molar-refractivity contribution >= 4 is 21.9 Å². The third-order valence-electron chi connectivity index (χ3n) is 3.96. The molecular weight excluding hydrogens is 318 g/mol. The molecule has 1 saturated heterocycles. The summed E-state index contributed by atoms with van der Waals surface area (Å²) in [6.45, 7) is 2.50. The van der Waals surface area contributed by atoms with Crippen molar-refractivity contribution in [1.82, 2.24) is 10.6 Å². The first-order chi connectivity index (χ1) is 9.70. The molecule has 2 rings (SSSR count). The van der Waals surface area contributed by atoms with Crippen molar-refractivity contribution in [3.63, 3.8) is 0 Å². The Morgan fingerprint density at radius 1 is 1.30 bits per heavy atom. The Labute approximate surface area is 129 Å². The average Bonchev–Trinajstić information content (AvgIpc) is 2.50. The minimum atomic E-state index is 0.117. The van der Waals surface area contributed by atoms with Gasteiger partial charge in [0.25, 0.3) is 0 Å². The molecule has 0 radical (unpaired) electrons. The number of rotatable bonds is 3. The zero-order chi connectivity index (χ0) is 14.4. The fraction of sp³-hybridized carbons (Fsp3) is 0.533. The molecule has 0 aliphatic carbocycles. The van der Waals surface area contributed by atoms with Crippen molar-refractivity contribution in [2.45, 2.75) is 18.3 Å². The molecular formula is C15H22BrN3O. The zero-order valence-corrected chi connectivity index (χ0v) is 13.7. The number of nitrogens with zero attached hydrogens (tertiary/aromatic N) is 1. The topological polar surface area (TPSA) is 45.7 Å². The predicted octanol–water partition coefficient (Wildman–Crippen LogP) is 2.29. The molecule has 1 heterocycles. The summed E-state index contributed by atoms with van der Waals surface area (Å²) >= 11 is 3.50. The molecule has 110 valence electrons. The van der Waals surface area contributed by atoms with Crippen LogP contribution in [0.5, 0.6) is 0 Å². The van der Waals surface area contributed by atoms with Crippen LogP contribution < -0.4 is 10.6 Å². The Bertz CT molecular complexity index is 453. The summed E-state index contributed by atoms with van der Waals surface area (Å²) in [7, 11) is 3.67. The third-order valence-corrected chi connectivity index (χ3v) is 4.49. The van der Waals surface area contributed by atoms with Crippen LogP contribution in [0.2, 0.25) is 0 Å². The maximum atomic E-state index is 5.55. The van der Waals surface area contributed by atoms with Crippen LogP contribution in [0, 0.1) is 0 Å². The average molecular weight is 340 g/mol. The summed E-state index contributed by atoms with van der Waals surface area (Å²) < 4.78 is 6.66. The maximum Gasteiger partial charge on any atom is 0.190 e. The van der Waals surface area contributed by atoms with Gasteiger partial charge in [0.05, 0.1) is 0 Å². The molecule has 1 aromatic rings. The highest BCUT2D eigenvalue weighted by atomic mass is 79.9. The van der Waals surface area contributed by atoms with Gasteiger partial charge >= 0.3 is 0 Å². The van der Waals surface area contributed by atoms with Crippen LogP contribution in [-0.2, 0) is 10.2 Å². The lowest BCUT2D eigenvalue weighted by atomic mass is 9.74. The molecule has 1 aromatic carbocycles. The van der Waals surface area contributed by atoms with Crippen LogP contribution in [0.25, 0.3) is 0 Å². The number of guanidine groups is 1. The van der Waals surface area contributed by atoms with Crippen LogP contribution >= 0.6 is 15.9 Å². The van der Waals surface area contributed by atoms with Gasteiger partial charge < -0.3 is 15.4 Å². The number of nitrogens with one attached hydrogen (secondary N) is 2. The molecule has 20 heavy (non-hydrogen) atoms. The second-order valence-electron chi connectivity index (χ2n) is 5.08. The summed E-state index contributed by atoms with van der Waals surface area (Å²) in [6, 6.07) is 8.64. The van der Waals surface area contributed by atoms with Crippen molar-refractivity contribution in [2.24, 2.45) is 4.99 Å². The van der Waals surface area contributed by atoms with Gasteiger partial charge in [-0.15, -0.1) is 0 Å². The van der Waals surface area contributed by atoms with E-state index in [0.29, 0.717) is 0 Å². The minimum Gasteiger partial charge on any atom is -0.381 e. The highest BCUT2D eigenvalue weighted by Crippen LogP contribution is 2.34. The van der Waals surface area contributed by atoms with Crippen molar-refractivity contribution < 1.29 is 4.74 Å². The van der Waals surface area contributed by atoms with E-state index < -0.39 is 0 Å². The van der Waals surface area contributed by atoms with Crippen LogP contribution in [0.15, 0.2) is 33.7 Å². The Kier molecular flexibility index (Phi) is 5.43. The number of benzene rings is 1. The molecule has 0 saturated carbocycles. The molecule has 5 heteroatoms. The van der Waals surface area contributed by atoms with E-state index in [1.807, 2.05) is 7.05 Å². The van der Waals surface area contributed by atoms with E-state index in [4.69, 9.17) is 4.74 Å². The van der Waals surface area contributed by atoms with Crippen LogP contribution in [0.1, 0.15) is 18.4 Å². The van der Waals surface area contributed by atoms with Gasteiger partial charge in [-0.3, -0.25) is 4.99 Å². The maximum absolute atomic E-state index is 5.55. The SMILES string of the molecule is CN=C(NC)NCC1(c2ccc(Br)cc2)CCOCC1. The number of hydrogen-bond acceptors (Lipinski definition) is 2. The Hall–Kier alpha value is -1.07. The first-order valence-electron chi connectivity index (χ1n) is 6.92. The highest BCUT2D eigenvalue weighted by Gasteiger charge is 2.34. The van der Waals surface area contributed by atoms with Crippen LogP contribution in [-0.4, -0.2) is 39.8 Å². The van der Waals surface area contributed by atoms with Gasteiger partial charge in [-0.2, -0.15) is 0 Å². The fourth-order valence-corrected chi connectivity index (χ4v) is 2.93. The predicted molar refractivity (Wildman–Crippen MR) is 86.3 cm³/mol. The molecule has 1 fully saturated rings. The lowest BCUT2D eigenvalue weighted by Gasteiger charge is -2.38. The molecule has 0 aromatic heterocycles. The zero-order valence-electron chi connectivity index (χ0n) is 12.1.